The molecule has 0 radical (unpaired) electrons. The van der Waals surface area contributed by atoms with Gasteiger partial charge in [0.15, 0.2) is 0 Å². The predicted molar refractivity (Wildman–Crippen MR) is 97.2 cm³/mol. The smallest absolute Gasteiger partial charge is 0.238 e. The molecule has 5 nitrogen and oxygen atoms in total. The summed E-state index contributed by atoms with van der Waals surface area (Å²) in [6.07, 6.45) is 3.03. The molecule has 0 fully saturated rings. The van der Waals surface area contributed by atoms with Crippen molar-refractivity contribution in [3.05, 3.63) is 40.4 Å². The second kappa shape index (κ2) is 8.31. The molecule has 0 unspecified atom stereocenters. The van der Waals surface area contributed by atoms with Crippen molar-refractivity contribution in [2.24, 2.45) is 0 Å². The first kappa shape index (κ1) is 18.5. The maximum absolute atomic E-state index is 12.3. The zero-order chi connectivity index (χ0) is 17.7. The van der Waals surface area contributed by atoms with Gasteiger partial charge in [-0.3, -0.25) is 14.5 Å². The Hall–Kier alpha value is -1.85. The van der Waals surface area contributed by atoms with Crippen LogP contribution in [0.3, 0.4) is 0 Å². The monoisotopic (exact) mass is 349 g/mol. The summed E-state index contributed by atoms with van der Waals surface area (Å²) >= 11 is 6.00. The van der Waals surface area contributed by atoms with Gasteiger partial charge in [0.25, 0.3) is 0 Å². The number of nitrogens with one attached hydrogen (secondary N) is 2. The summed E-state index contributed by atoms with van der Waals surface area (Å²) < 4.78 is 0. The van der Waals surface area contributed by atoms with Crippen LogP contribution in [0.25, 0.3) is 0 Å². The Morgan fingerprint density at radius 3 is 2.79 bits per heavy atom. The van der Waals surface area contributed by atoms with Gasteiger partial charge in [0.2, 0.25) is 11.8 Å². The van der Waals surface area contributed by atoms with Crippen molar-refractivity contribution in [1.82, 2.24) is 10.2 Å². The number of hydrogen-bond acceptors (Lipinski definition) is 3. The Morgan fingerprint density at radius 2 is 2.12 bits per heavy atom. The lowest BCUT2D eigenvalue weighted by Gasteiger charge is -2.29. The highest BCUT2D eigenvalue weighted by molar-refractivity contribution is 6.31. The van der Waals surface area contributed by atoms with Crippen LogP contribution >= 0.6 is 11.6 Å². The molecule has 24 heavy (non-hydrogen) atoms. The first-order chi connectivity index (χ1) is 11.3. The lowest BCUT2D eigenvalue weighted by molar-refractivity contribution is -0.119. The highest BCUT2D eigenvalue weighted by Gasteiger charge is 2.19. The molecule has 6 heteroatoms. The van der Waals surface area contributed by atoms with Crippen molar-refractivity contribution >= 4 is 29.1 Å². The standard InChI is InChI=1S/C18H24ClN3O2/c1-12-9-16(6-7-17(12)19)21-18(24)11-22-8-4-5-15(10-22)13(2)20-14(3)23/h5-7,9,13H,4,8,10-11H2,1-3H3,(H,20,23)(H,21,24)/t13-/m1/s1. The zero-order valence-corrected chi connectivity index (χ0v) is 15.1. The fourth-order valence-electron chi connectivity index (χ4n) is 2.81. The summed E-state index contributed by atoms with van der Waals surface area (Å²) in [4.78, 5) is 25.5. The molecule has 1 aromatic rings. The van der Waals surface area contributed by atoms with Crippen molar-refractivity contribution in [1.29, 1.82) is 0 Å². The summed E-state index contributed by atoms with van der Waals surface area (Å²) in [5.74, 6) is -0.0958. The number of benzene rings is 1. The third kappa shape index (κ3) is 5.35. The Kier molecular flexibility index (Phi) is 6.40. The number of aryl methyl sites for hydroxylation is 1. The largest absolute Gasteiger partial charge is 0.350 e. The highest BCUT2D eigenvalue weighted by Crippen LogP contribution is 2.19. The van der Waals surface area contributed by atoms with E-state index in [2.05, 4.69) is 21.6 Å². The van der Waals surface area contributed by atoms with Crippen LogP contribution in [0.5, 0.6) is 0 Å². The van der Waals surface area contributed by atoms with Gasteiger partial charge in [0.1, 0.15) is 0 Å². The van der Waals surface area contributed by atoms with E-state index in [1.165, 1.54) is 6.92 Å². The van der Waals surface area contributed by atoms with E-state index in [4.69, 9.17) is 11.6 Å². The van der Waals surface area contributed by atoms with Gasteiger partial charge in [-0.25, -0.2) is 0 Å². The Bertz CT molecular complexity index is 658. The van der Waals surface area contributed by atoms with Crippen LogP contribution in [-0.2, 0) is 9.59 Å². The highest BCUT2D eigenvalue weighted by atomic mass is 35.5. The molecule has 0 aliphatic carbocycles. The van der Waals surface area contributed by atoms with Crippen LogP contribution in [0.4, 0.5) is 5.69 Å². The topological polar surface area (TPSA) is 61.4 Å². The average Bonchev–Trinajstić information content (AvgIpc) is 2.50. The van der Waals surface area contributed by atoms with E-state index in [1.807, 2.05) is 19.9 Å². The number of anilines is 1. The molecule has 1 heterocycles. The molecule has 1 aliphatic heterocycles. The fraction of sp³-hybridized carbons (Fsp3) is 0.444. The normalized spacial score (nSPS) is 16.2. The molecule has 1 aromatic carbocycles. The van der Waals surface area contributed by atoms with E-state index in [-0.39, 0.29) is 17.9 Å². The quantitative estimate of drug-likeness (QED) is 0.803. The van der Waals surface area contributed by atoms with Crippen LogP contribution in [0, 0.1) is 6.92 Å². The summed E-state index contributed by atoms with van der Waals surface area (Å²) in [5.41, 5.74) is 2.83. The molecule has 2 amide bonds. The summed E-state index contributed by atoms with van der Waals surface area (Å²) in [6, 6.07) is 5.43. The van der Waals surface area contributed by atoms with Gasteiger partial charge in [0.05, 0.1) is 6.54 Å². The predicted octanol–water partition coefficient (Wildman–Crippen LogP) is 2.74. The van der Waals surface area contributed by atoms with E-state index in [0.29, 0.717) is 18.1 Å². The number of halogens is 1. The number of amides is 2. The minimum Gasteiger partial charge on any atom is -0.350 e. The average molecular weight is 350 g/mol. The van der Waals surface area contributed by atoms with Gasteiger partial charge in [-0.1, -0.05) is 17.7 Å². The van der Waals surface area contributed by atoms with E-state index >= 15 is 0 Å². The van der Waals surface area contributed by atoms with Crippen LogP contribution < -0.4 is 10.6 Å². The maximum Gasteiger partial charge on any atom is 0.238 e. The SMILES string of the molecule is CC(=O)N[C@H](C)C1=CCCN(CC(=O)Nc2ccc(Cl)c(C)c2)C1. The van der Waals surface area contributed by atoms with Gasteiger partial charge in [-0.2, -0.15) is 0 Å². The number of hydrogen-bond donors (Lipinski definition) is 2. The molecule has 0 bridgehead atoms. The van der Waals surface area contributed by atoms with Gasteiger partial charge in [-0.05, 0) is 49.6 Å². The number of nitrogens with zero attached hydrogens (tertiary/aromatic N) is 1. The van der Waals surface area contributed by atoms with Crippen LogP contribution in [0.2, 0.25) is 5.02 Å². The van der Waals surface area contributed by atoms with Crippen LogP contribution in [0.15, 0.2) is 29.8 Å². The van der Waals surface area contributed by atoms with Crippen molar-refractivity contribution in [3.63, 3.8) is 0 Å². The third-order valence-corrected chi connectivity index (χ3v) is 4.47. The molecular formula is C18H24ClN3O2. The maximum atomic E-state index is 12.3. The first-order valence-electron chi connectivity index (χ1n) is 8.09. The van der Waals surface area contributed by atoms with E-state index < -0.39 is 0 Å². The Morgan fingerprint density at radius 1 is 1.38 bits per heavy atom. The molecule has 0 saturated heterocycles. The van der Waals surface area contributed by atoms with Crippen LogP contribution in [-0.4, -0.2) is 42.4 Å². The number of carbonyl (C=O) groups is 2. The van der Waals surface area contributed by atoms with Crippen molar-refractivity contribution in [2.45, 2.75) is 33.2 Å². The zero-order valence-electron chi connectivity index (χ0n) is 14.4. The van der Waals surface area contributed by atoms with Gasteiger partial charge >= 0.3 is 0 Å². The molecule has 1 aliphatic rings. The third-order valence-electron chi connectivity index (χ3n) is 4.04. The summed E-state index contributed by atoms with van der Waals surface area (Å²) in [5, 5.41) is 6.48. The van der Waals surface area contributed by atoms with Gasteiger partial charge < -0.3 is 10.6 Å². The van der Waals surface area contributed by atoms with E-state index in [9.17, 15) is 9.59 Å². The molecule has 1 atom stereocenters. The van der Waals surface area contributed by atoms with Gasteiger partial charge in [-0.15, -0.1) is 0 Å². The second-order valence-corrected chi connectivity index (χ2v) is 6.62. The lowest BCUT2D eigenvalue weighted by Crippen LogP contribution is -2.42. The van der Waals surface area contributed by atoms with E-state index in [0.717, 1.165) is 29.8 Å². The Balaban J connectivity index is 1.89. The molecule has 0 aromatic heterocycles. The van der Waals surface area contributed by atoms with Crippen LogP contribution in [0.1, 0.15) is 25.8 Å². The molecule has 0 saturated carbocycles. The fourth-order valence-corrected chi connectivity index (χ4v) is 2.92. The Labute approximate surface area is 148 Å². The second-order valence-electron chi connectivity index (χ2n) is 6.21. The summed E-state index contributed by atoms with van der Waals surface area (Å²) in [6.45, 7) is 7.24. The van der Waals surface area contributed by atoms with Crippen molar-refractivity contribution in [3.8, 4) is 0 Å². The molecule has 2 rings (SSSR count). The molecular weight excluding hydrogens is 326 g/mol. The van der Waals surface area contributed by atoms with Crippen molar-refractivity contribution < 1.29 is 9.59 Å². The van der Waals surface area contributed by atoms with E-state index in [1.54, 1.807) is 12.1 Å². The minimum absolute atomic E-state index is 0.00715. The minimum atomic E-state index is -0.0508. The lowest BCUT2D eigenvalue weighted by atomic mass is 10.0. The van der Waals surface area contributed by atoms with Gasteiger partial charge in [0, 0.05) is 36.8 Å². The first-order valence-corrected chi connectivity index (χ1v) is 8.47. The number of rotatable bonds is 5. The summed E-state index contributed by atoms with van der Waals surface area (Å²) in [7, 11) is 0. The molecule has 2 N–H and O–H groups in total. The number of carbonyl (C=O) groups excluding carboxylic acids is 2. The molecule has 0 spiro atoms. The van der Waals surface area contributed by atoms with Crippen molar-refractivity contribution in [2.75, 3.05) is 25.0 Å². The molecule has 130 valence electrons.